The Kier molecular flexibility index (Phi) is 3.47. The zero-order chi connectivity index (χ0) is 12.5. The average Bonchev–Trinajstić information content (AvgIpc) is 2.21. The maximum absolute atomic E-state index is 11.6. The molecule has 1 saturated carbocycles. The number of carbonyl (C=O) groups excluding carboxylic acids is 1. The highest BCUT2D eigenvalue weighted by atomic mass is 16.4. The molecule has 0 heterocycles. The molecule has 0 aromatic rings. The minimum absolute atomic E-state index is 0.0641. The molecular weight excluding hydrogens is 216 g/mol. The van der Waals surface area contributed by atoms with Gasteiger partial charge in [0.1, 0.15) is 6.10 Å². The molecule has 0 aliphatic heterocycles. The number of aliphatic carboxylic acids is 1. The lowest BCUT2D eigenvalue weighted by atomic mass is 9.70. The largest absolute Gasteiger partial charge is 0.479 e. The van der Waals surface area contributed by atoms with Crippen LogP contribution in [0.5, 0.6) is 0 Å². The van der Waals surface area contributed by atoms with E-state index in [-0.39, 0.29) is 6.42 Å². The molecule has 0 aromatic carbocycles. The van der Waals surface area contributed by atoms with Crippen LogP contribution >= 0.6 is 0 Å². The van der Waals surface area contributed by atoms with Gasteiger partial charge in [-0.15, -0.1) is 6.58 Å². The predicted molar refractivity (Wildman–Crippen MR) is 52.5 cm³/mol. The van der Waals surface area contributed by atoms with Crippen molar-refractivity contribution in [3.05, 3.63) is 12.7 Å². The molecule has 16 heavy (non-hydrogen) atoms. The van der Waals surface area contributed by atoms with Crippen molar-refractivity contribution in [3.8, 4) is 0 Å². The van der Waals surface area contributed by atoms with Gasteiger partial charge in [-0.25, -0.2) is 4.79 Å². The first-order valence-electron chi connectivity index (χ1n) is 4.81. The number of Topliss-reactive ketones (excluding diaryl/α,β-unsaturated/α-hetero) is 1. The molecule has 0 bridgehead atoms. The van der Waals surface area contributed by atoms with Crippen LogP contribution in [0.3, 0.4) is 0 Å². The number of carboxylic acid groups (broad SMARTS) is 1. The van der Waals surface area contributed by atoms with Crippen molar-refractivity contribution in [1.29, 1.82) is 0 Å². The fourth-order valence-corrected chi connectivity index (χ4v) is 1.92. The standard InChI is InChI=1S/C10H14O6/c1-2-3-5-7(12)8(13)6(11)4-10(5,16)9(14)15/h2,5-6,8,11,13,16H,1,3-4H2,(H,14,15)/t5-,6+,8-,10+/m0/s1. The van der Waals surface area contributed by atoms with E-state index in [1.165, 1.54) is 6.08 Å². The number of aliphatic hydroxyl groups excluding tert-OH is 2. The SMILES string of the molecule is C=CC[C@H]1C(=O)[C@@H](O)[C@H](O)C[C@]1(O)C(=O)O. The molecule has 90 valence electrons. The molecule has 4 N–H and O–H groups in total. The monoisotopic (exact) mass is 230 g/mol. The minimum Gasteiger partial charge on any atom is -0.479 e. The summed E-state index contributed by atoms with van der Waals surface area (Å²) in [6, 6.07) is 0. The van der Waals surface area contributed by atoms with Gasteiger partial charge >= 0.3 is 5.97 Å². The fraction of sp³-hybridized carbons (Fsp3) is 0.600. The molecule has 6 nitrogen and oxygen atoms in total. The molecule has 0 amide bonds. The predicted octanol–water partition coefficient (Wildman–Crippen LogP) is -1.31. The number of ketones is 1. The summed E-state index contributed by atoms with van der Waals surface area (Å²) in [7, 11) is 0. The van der Waals surface area contributed by atoms with Crippen molar-refractivity contribution in [2.45, 2.75) is 30.7 Å². The van der Waals surface area contributed by atoms with Crippen LogP contribution in [-0.2, 0) is 9.59 Å². The lowest BCUT2D eigenvalue weighted by Gasteiger charge is -2.39. The van der Waals surface area contributed by atoms with Gasteiger partial charge in [0, 0.05) is 6.42 Å². The Labute approximate surface area is 91.8 Å². The molecular formula is C10H14O6. The number of hydrogen-bond acceptors (Lipinski definition) is 5. The Morgan fingerprint density at radius 3 is 2.56 bits per heavy atom. The summed E-state index contributed by atoms with van der Waals surface area (Å²) in [5, 5.41) is 37.4. The van der Waals surface area contributed by atoms with E-state index in [9.17, 15) is 24.9 Å². The zero-order valence-corrected chi connectivity index (χ0v) is 8.54. The summed E-state index contributed by atoms with van der Waals surface area (Å²) >= 11 is 0. The van der Waals surface area contributed by atoms with E-state index in [0.29, 0.717) is 0 Å². The maximum Gasteiger partial charge on any atom is 0.336 e. The van der Waals surface area contributed by atoms with E-state index >= 15 is 0 Å². The first kappa shape index (κ1) is 12.8. The second-order valence-electron chi connectivity index (χ2n) is 3.93. The maximum atomic E-state index is 11.6. The summed E-state index contributed by atoms with van der Waals surface area (Å²) in [6.07, 6.45) is -2.56. The van der Waals surface area contributed by atoms with Crippen LogP contribution in [0, 0.1) is 5.92 Å². The number of carbonyl (C=O) groups is 2. The third-order valence-electron chi connectivity index (χ3n) is 2.87. The van der Waals surface area contributed by atoms with Crippen molar-refractivity contribution in [2.24, 2.45) is 5.92 Å². The van der Waals surface area contributed by atoms with Gasteiger partial charge in [0.05, 0.1) is 12.0 Å². The summed E-state index contributed by atoms with van der Waals surface area (Å²) in [4.78, 5) is 22.5. The summed E-state index contributed by atoms with van der Waals surface area (Å²) in [5.74, 6) is -3.73. The zero-order valence-electron chi connectivity index (χ0n) is 8.54. The van der Waals surface area contributed by atoms with Crippen LogP contribution in [0.4, 0.5) is 0 Å². The molecule has 6 heteroatoms. The smallest absolute Gasteiger partial charge is 0.336 e. The Balaban J connectivity index is 3.10. The Morgan fingerprint density at radius 2 is 2.12 bits per heavy atom. The second-order valence-corrected chi connectivity index (χ2v) is 3.93. The molecule has 1 fully saturated rings. The highest BCUT2D eigenvalue weighted by Crippen LogP contribution is 2.34. The van der Waals surface area contributed by atoms with E-state index in [2.05, 4.69) is 6.58 Å². The van der Waals surface area contributed by atoms with E-state index < -0.39 is 41.9 Å². The van der Waals surface area contributed by atoms with E-state index in [0.717, 1.165) is 0 Å². The van der Waals surface area contributed by atoms with Gasteiger partial charge in [-0.3, -0.25) is 4.79 Å². The fourth-order valence-electron chi connectivity index (χ4n) is 1.92. The molecule has 1 rings (SSSR count). The van der Waals surface area contributed by atoms with Gasteiger partial charge in [-0.1, -0.05) is 6.08 Å². The van der Waals surface area contributed by atoms with E-state index in [1.807, 2.05) is 0 Å². The summed E-state index contributed by atoms with van der Waals surface area (Å²) in [6.45, 7) is 3.36. The molecule has 0 unspecified atom stereocenters. The third kappa shape index (κ3) is 1.87. The highest BCUT2D eigenvalue weighted by Gasteiger charge is 2.55. The first-order chi connectivity index (χ1) is 7.34. The van der Waals surface area contributed by atoms with Gasteiger partial charge in [0.25, 0.3) is 0 Å². The van der Waals surface area contributed by atoms with Gasteiger partial charge in [0.2, 0.25) is 0 Å². The molecule has 1 aliphatic rings. The molecule has 0 radical (unpaired) electrons. The van der Waals surface area contributed by atoms with Gasteiger partial charge < -0.3 is 20.4 Å². The van der Waals surface area contributed by atoms with Crippen molar-refractivity contribution in [1.82, 2.24) is 0 Å². The lowest BCUT2D eigenvalue weighted by Crippen LogP contribution is -2.60. The van der Waals surface area contributed by atoms with Crippen LogP contribution < -0.4 is 0 Å². The van der Waals surface area contributed by atoms with Crippen LogP contribution in [-0.4, -0.2) is 50.0 Å². The van der Waals surface area contributed by atoms with Crippen LogP contribution in [0.1, 0.15) is 12.8 Å². The normalized spacial score (nSPS) is 39.4. The van der Waals surface area contributed by atoms with E-state index in [1.54, 1.807) is 0 Å². The van der Waals surface area contributed by atoms with Crippen molar-refractivity contribution in [2.75, 3.05) is 0 Å². The quantitative estimate of drug-likeness (QED) is 0.447. The highest BCUT2D eigenvalue weighted by molar-refractivity contribution is 5.94. The van der Waals surface area contributed by atoms with E-state index in [4.69, 9.17) is 5.11 Å². The molecule has 0 saturated heterocycles. The summed E-state index contributed by atoms with van der Waals surface area (Å²) < 4.78 is 0. The lowest BCUT2D eigenvalue weighted by molar-refractivity contribution is -0.187. The van der Waals surface area contributed by atoms with Crippen LogP contribution in [0.15, 0.2) is 12.7 Å². The Morgan fingerprint density at radius 1 is 1.56 bits per heavy atom. The average molecular weight is 230 g/mol. The van der Waals surface area contributed by atoms with Gasteiger partial charge in [-0.05, 0) is 6.42 Å². The van der Waals surface area contributed by atoms with Crippen molar-refractivity contribution < 1.29 is 30.0 Å². The number of hydrogen-bond donors (Lipinski definition) is 4. The third-order valence-corrected chi connectivity index (χ3v) is 2.87. The van der Waals surface area contributed by atoms with Gasteiger partial charge in [0.15, 0.2) is 11.4 Å². The molecule has 0 spiro atoms. The van der Waals surface area contributed by atoms with Crippen molar-refractivity contribution in [3.63, 3.8) is 0 Å². The van der Waals surface area contributed by atoms with Crippen LogP contribution in [0.25, 0.3) is 0 Å². The Hall–Kier alpha value is -1.24. The number of aliphatic hydroxyl groups is 3. The van der Waals surface area contributed by atoms with Crippen molar-refractivity contribution >= 4 is 11.8 Å². The number of allylic oxidation sites excluding steroid dienone is 1. The molecule has 4 atom stereocenters. The summed E-state index contributed by atoms with van der Waals surface area (Å²) in [5.41, 5.74) is -2.34. The number of carboxylic acids is 1. The molecule has 0 aromatic heterocycles. The van der Waals surface area contributed by atoms with Gasteiger partial charge in [-0.2, -0.15) is 0 Å². The topological polar surface area (TPSA) is 115 Å². The number of rotatable bonds is 3. The van der Waals surface area contributed by atoms with Crippen LogP contribution in [0.2, 0.25) is 0 Å². The molecule has 1 aliphatic carbocycles. The minimum atomic E-state index is -2.34. The Bertz CT molecular complexity index is 325. The first-order valence-corrected chi connectivity index (χ1v) is 4.81. The second kappa shape index (κ2) is 4.32.